The highest BCUT2D eigenvalue weighted by atomic mass is 16.3. The molecule has 0 aliphatic heterocycles. The van der Waals surface area contributed by atoms with Crippen LogP contribution in [0.3, 0.4) is 0 Å². The Bertz CT molecular complexity index is 665. The Kier molecular flexibility index (Phi) is 2.15. The van der Waals surface area contributed by atoms with Gasteiger partial charge in [-0.1, -0.05) is 24.3 Å². The van der Waals surface area contributed by atoms with E-state index in [0.29, 0.717) is 5.75 Å². The number of rotatable bonds is 1. The van der Waals surface area contributed by atoms with Crippen LogP contribution < -0.4 is 0 Å². The average molecular weight is 223 g/mol. The third-order valence-corrected chi connectivity index (χ3v) is 3.02. The van der Waals surface area contributed by atoms with E-state index in [0.717, 1.165) is 11.1 Å². The van der Waals surface area contributed by atoms with Crippen molar-refractivity contribution in [3.8, 4) is 16.9 Å². The van der Waals surface area contributed by atoms with Crippen LogP contribution in [0.1, 0.15) is 5.56 Å². The van der Waals surface area contributed by atoms with Crippen LogP contribution in [0, 0.1) is 6.92 Å². The number of nitrogens with one attached hydrogen (secondary N) is 1. The molecule has 0 aliphatic rings. The van der Waals surface area contributed by atoms with Gasteiger partial charge in [0.05, 0.1) is 0 Å². The van der Waals surface area contributed by atoms with E-state index in [4.69, 9.17) is 0 Å². The summed E-state index contributed by atoms with van der Waals surface area (Å²) in [4.78, 5) is 3.28. The molecule has 0 atom stereocenters. The molecule has 2 nitrogen and oxygen atoms in total. The second-order valence-electron chi connectivity index (χ2n) is 4.30. The van der Waals surface area contributed by atoms with Gasteiger partial charge in [0.2, 0.25) is 0 Å². The molecule has 0 spiro atoms. The third kappa shape index (κ3) is 1.68. The third-order valence-electron chi connectivity index (χ3n) is 3.02. The fourth-order valence-corrected chi connectivity index (χ4v) is 2.12. The summed E-state index contributed by atoms with van der Waals surface area (Å²) in [7, 11) is 0. The van der Waals surface area contributed by atoms with E-state index in [9.17, 15) is 5.11 Å². The predicted molar refractivity (Wildman–Crippen MR) is 70.1 cm³/mol. The zero-order valence-corrected chi connectivity index (χ0v) is 9.57. The van der Waals surface area contributed by atoms with Crippen LogP contribution in [0.2, 0.25) is 0 Å². The van der Waals surface area contributed by atoms with E-state index >= 15 is 0 Å². The standard InChI is InChI=1S/C15H13NO/c1-10-2-7-13-14(9-16-15(13)8-10)11-3-5-12(17)6-4-11/h2-9,16-17H,1H3. The zero-order chi connectivity index (χ0) is 11.8. The summed E-state index contributed by atoms with van der Waals surface area (Å²) in [5.41, 5.74) is 4.67. The Morgan fingerprint density at radius 3 is 2.53 bits per heavy atom. The van der Waals surface area contributed by atoms with Crippen LogP contribution in [0.5, 0.6) is 5.75 Å². The van der Waals surface area contributed by atoms with Gasteiger partial charge in [-0.3, -0.25) is 0 Å². The number of hydrogen-bond acceptors (Lipinski definition) is 1. The molecule has 0 unspecified atom stereocenters. The maximum Gasteiger partial charge on any atom is 0.115 e. The lowest BCUT2D eigenvalue weighted by Gasteiger charge is -2.00. The Balaban J connectivity index is 2.21. The summed E-state index contributed by atoms with van der Waals surface area (Å²) in [5.74, 6) is 0.296. The van der Waals surface area contributed by atoms with Crippen molar-refractivity contribution in [3.05, 3.63) is 54.2 Å². The van der Waals surface area contributed by atoms with Gasteiger partial charge < -0.3 is 10.1 Å². The molecule has 1 aromatic heterocycles. The molecule has 0 amide bonds. The number of aromatic hydroxyl groups is 1. The van der Waals surface area contributed by atoms with E-state index in [1.54, 1.807) is 12.1 Å². The van der Waals surface area contributed by atoms with Crippen molar-refractivity contribution in [1.29, 1.82) is 0 Å². The van der Waals surface area contributed by atoms with E-state index in [1.165, 1.54) is 16.5 Å². The number of H-pyrrole nitrogens is 1. The summed E-state index contributed by atoms with van der Waals surface area (Å²) in [6, 6.07) is 13.7. The van der Waals surface area contributed by atoms with Crippen molar-refractivity contribution < 1.29 is 5.11 Å². The van der Waals surface area contributed by atoms with E-state index in [1.807, 2.05) is 18.3 Å². The number of hydrogen-bond donors (Lipinski definition) is 2. The predicted octanol–water partition coefficient (Wildman–Crippen LogP) is 3.85. The summed E-state index contributed by atoms with van der Waals surface area (Å²) in [6.45, 7) is 2.08. The van der Waals surface area contributed by atoms with Gasteiger partial charge in [-0.25, -0.2) is 0 Å². The molecule has 0 saturated carbocycles. The van der Waals surface area contributed by atoms with Gasteiger partial charge in [0.15, 0.2) is 0 Å². The molecule has 2 N–H and O–H groups in total. The second-order valence-corrected chi connectivity index (χ2v) is 4.30. The van der Waals surface area contributed by atoms with Crippen LogP contribution in [0.25, 0.3) is 22.0 Å². The first-order valence-electron chi connectivity index (χ1n) is 5.61. The molecule has 17 heavy (non-hydrogen) atoms. The van der Waals surface area contributed by atoms with E-state index in [2.05, 4.69) is 30.1 Å². The lowest BCUT2D eigenvalue weighted by Crippen LogP contribution is -1.75. The number of aromatic nitrogens is 1. The molecular formula is C15H13NO. The maximum absolute atomic E-state index is 9.30. The zero-order valence-electron chi connectivity index (χ0n) is 9.57. The highest BCUT2D eigenvalue weighted by molar-refractivity contribution is 5.95. The SMILES string of the molecule is Cc1ccc2c(-c3ccc(O)cc3)c[nH]c2c1. The molecule has 1 heterocycles. The fraction of sp³-hybridized carbons (Fsp3) is 0.0667. The highest BCUT2D eigenvalue weighted by Crippen LogP contribution is 2.29. The number of benzene rings is 2. The van der Waals surface area contributed by atoms with Crippen LogP contribution in [0.4, 0.5) is 0 Å². The fourth-order valence-electron chi connectivity index (χ4n) is 2.12. The smallest absolute Gasteiger partial charge is 0.115 e. The molecule has 84 valence electrons. The minimum absolute atomic E-state index is 0.296. The molecular weight excluding hydrogens is 210 g/mol. The topological polar surface area (TPSA) is 36.0 Å². The average Bonchev–Trinajstić information content (AvgIpc) is 2.73. The van der Waals surface area contributed by atoms with Gasteiger partial charge in [0.25, 0.3) is 0 Å². The number of aromatic amines is 1. The van der Waals surface area contributed by atoms with E-state index in [-0.39, 0.29) is 0 Å². The number of fused-ring (bicyclic) bond motifs is 1. The molecule has 0 fully saturated rings. The molecule has 0 radical (unpaired) electrons. The second kappa shape index (κ2) is 3.67. The number of aryl methyl sites for hydroxylation is 1. The Hall–Kier alpha value is -2.22. The Labute approximate surface area is 99.5 Å². The lowest BCUT2D eigenvalue weighted by molar-refractivity contribution is 0.475. The van der Waals surface area contributed by atoms with Gasteiger partial charge in [-0.15, -0.1) is 0 Å². The molecule has 2 heteroatoms. The molecule has 0 aliphatic carbocycles. The van der Waals surface area contributed by atoms with Crippen molar-refractivity contribution in [1.82, 2.24) is 4.98 Å². The molecule has 0 saturated heterocycles. The molecule has 3 aromatic rings. The summed E-state index contributed by atoms with van der Waals surface area (Å²) < 4.78 is 0. The normalized spacial score (nSPS) is 10.9. The van der Waals surface area contributed by atoms with Crippen molar-refractivity contribution in [2.24, 2.45) is 0 Å². The summed E-state index contributed by atoms with van der Waals surface area (Å²) in [6.07, 6.45) is 2.01. The van der Waals surface area contributed by atoms with Gasteiger partial charge in [0, 0.05) is 22.7 Å². The van der Waals surface area contributed by atoms with Crippen LogP contribution in [0.15, 0.2) is 48.7 Å². The minimum atomic E-state index is 0.296. The van der Waals surface area contributed by atoms with Gasteiger partial charge >= 0.3 is 0 Å². The van der Waals surface area contributed by atoms with Gasteiger partial charge in [-0.05, 0) is 36.2 Å². The van der Waals surface area contributed by atoms with Crippen LogP contribution >= 0.6 is 0 Å². The molecule has 2 aromatic carbocycles. The lowest BCUT2D eigenvalue weighted by atomic mass is 10.0. The van der Waals surface area contributed by atoms with Crippen molar-refractivity contribution >= 4 is 10.9 Å². The largest absolute Gasteiger partial charge is 0.508 e. The Morgan fingerprint density at radius 2 is 1.76 bits per heavy atom. The first-order valence-corrected chi connectivity index (χ1v) is 5.61. The van der Waals surface area contributed by atoms with E-state index < -0.39 is 0 Å². The maximum atomic E-state index is 9.30. The first kappa shape index (κ1) is 9.97. The molecule has 3 rings (SSSR count). The van der Waals surface area contributed by atoms with Crippen molar-refractivity contribution in [2.45, 2.75) is 6.92 Å². The first-order chi connectivity index (χ1) is 8.24. The minimum Gasteiger partial charge on any atom is -0.508 e. The van der Waals surface area contributed by atoms with Gasteiger partial charge in [-0.2, -0.15) is 0 Å². The van der Waals surface area contributed by atoms with Crippen LogP contribution in [-0.2, 0) is 0 Å². The van der Waals surface area contributed by atoms with Crippen LogP contribution in [-0.4, -0.2) is 10.1 Å². The molecule has 0 bridgehead atoms. The number of phenols is 1. The summed E-state index contributed by atoms with van der Waals surface area (Å²) in [5, 5.41) is 10.5. The monoisotopic (exact) mass is 223 g/mol. The Morgan fingerprint density at radius 1 is 1.00 bits per heavy atom. The quantitative estimate of drug-likeness (QED) is 0.645. The van der Waals surface area contributed by atoms with Crippen molar-refractivity contribution in [3.63, 3.8) is 0 Å². The number of phenolic OH excluding ortho intramolecular Hbond substituents is 1. The van der Waals surface area contributed by atoms with Crippen molar-refractivity contribution in [2.75, 3.05) is 0 Å². The highest BCUT2D eigenvalue weighted by Gasteiger charge is 2.05. The van der Waals surface area contributed by atoms with Gasteiger partial charge in [0.1, 0.15) is 5.75 Å². The summed E-state index contributed by atoms with van der Waals surface area (Å²) >= 11 is 0.